The molecule has 1 spiro atoms. The van der Waals surface area contributed by atoms with E-state index < -0.39 is 0 Å². The van der Waals surface area contributed by atoms with Gasteiger partial charge in [0, 0.05) is 19.2 Å². The van der Waals surface area contributed by atoms with Crippen LogP contribution in [0.5, 0.6) is 0 Å². The molecule has 0 amide bonds. The van der Waals surface area contributed by atoms with Crippen molar-refractivity contribution in [1.29, 1.82) is 0 Å². The molecule has 1 aromatic heterocycles. The summed E-state index contributed by atoms with van der Waals surface area (Å²) in [6.45, 7) is 2.07. The summed E-state index contributed by atoms with van der Waals surface area (Å²) in [5.41, 5.74) is 0.578. The summed E-state index contributed by atoms with van der Waals surface area (Å²) in [4.78, 5) is 21.6. The molecular weight excluding hydrogens is 284 g/mol. The third kappa shape index (κ3) is 2.00. The zero-order valence-corrected chi connectivity index (χ0v) is 12.1. The summed E-state index contributed by atoms with van der Waals surface area (Å²) in [5, 5.41) is 11.9. The highest BCUT2D eigenvalue weighted by molar-refractivity contribution is 5.97. The molecule has 7 heteroatoms. The van der Waals surface area contributed by atoms with Gasteiger partial charge in [0.1, 0.15) is 17.5 Å². The second kappa shape index (κ2) is 4.88. The number of anilines is 1. The Kier molecular flexibility index (Phi) is 2.97. The average molecular weight is 300 g/mol. The van der Waals surface area contributed by atoms with E-state index in [9.17, 15) is 10.1 Å². The molecule has 7 nitrogen and oxygen atoms in total. The molecule has 22 heavy (non-hydrogen) atoms. The van der Waals surface area contributed by atoms with Gasteiger partial charge in [-0.05, 0) is 25.3 Å². The van der Waals surface area contributed by atoms with Crippen molar-refractivity contribution < 1.29 is 9.66 Å². The zero-order valence-electron chi connectivity index (χ0n) is 12.1. The Hall–Kier alpha value is -2.28. The molecule has 0 atom stereocenters. The second-order valence-electron chi connectivity index (χ2n) is 5.93. The monoisotopic (exact) mass is 300 g/mol. The van der Waals surface area contributed by atoms with E-state index in [1.807, 2.05) is 0 Å². The third-order valence-corrected chi connectivity index (χ3v) is 4.63. The lowest BCUT2D eigenvalue weighted by Gasteiger charge is -2.48. The Bertz CT molecular complexity index is 739. The summed E-state index contributed by atoms with van der Waals surface area (Å²) < 4.78 is 5.92. The molecule has 1 saturated heterocycles. The minimum atomic E-state index is -0.366. The zero-order chi connectivity index (χ0) is 15.2. The van der Waals surface area contributed by atoms with E-state index in [2.05, 4.69) is 14.9 Å². The number of benzene rings is 1. The predicted octanol–water partition coefficient (Wildman–Crippen LogP) is 2.30. The molecule has 0 radical (unpaired) electrons. The normalized spacial score (nSPS) is 20.1. The van der Waals surface area contributed by atoms with E-state index in [1.165, 1.54) is 18.8 Å². The lowest BCUT2D eigenvalue weighted by atomic mass is 9.79. The van der Waals surface area contributed by atoms with Crippen LogP contribution in [-0.2, 0) is 4.74 Å². The molecule has 114 valence electrons. The van der Waals surface area contributed by atoms with Crippen LogP contribution in [0.1, 0.15) is 19.3 Å². The molecular formula is C15H16N4O3. The van der Waals surface area contributed by atoms with Crippen molar-refractivity contribution in [3.05, 3.63) is 34.6 Å². The van der Waals surface area contributed by atoms with Crippen LogP contribution < -0.4 is 4.90 Å². The van der Waals surface area contributed by atoms with E-state index in [0.29, 0.717) is 29.9 Å². The second-order valence-corrected chi connectivity index (χ2v) is 5.93. The van der Waals surface area contributed by atoms with E-state index in [1.54, 1.807) is 12.1 Å². The molecule has 1 aromatic carbocycles. The minimum absolute atomic E-state index is 0.0576. The van der Waals surface area contributed by atoms with Crippen molar-refractivity contribution in [3.63, 3.8) is 0 Å². The summed E-state index contributed by atoms with van der Waals surface area (Å²) in [5.74, 6) is 0.645. The molecule has 1 aliphatic carbocycles. The van der Waals surface area contributed by atoms with Crippen LogP contribution in [0, 0.1) is 10.1 Å². The predicted molar refractivity (Wildman–Crippen MR) is 80.9 cm³/mol. The molecule has 2 aliphatic rings. The average Bonchev–Trinajstić information content (AvgIpc) is 2.52. The number of non-ortho nitro benzene ring substituents is 1. The van der Waals surface area contributed by atoms with Crippen LogP contribution in [0.4, 0.5) is 11.5 Å². The van der Waals surface area contributed by atoms with Gasteiger partial charge >= 0.3 is 0 Å². The van der Waals surface area contributed by atoms with Gasteiger partial charge in [0.05, 0.1) is 22.6 Å². The molecule has 2 heterocycles. The molecule has 0 N–H and O–H groups in total. The number of nitro groups is 1. The fraction of sp³-hybridized carbons (Fsp3) is 0.467. The molecule has 0 bridgehead atoms. The number of ether oxygens (including phenoxy) is 1. The molecule has 2 fully saturated rings. The highest BCUT2D eigenvalue weighted by atomic mass is 16.6. The number of nitrogens with zero attached hydrogens (tertiary/aromatic N) is 4. The first-order chi connectivity index (χ1) is 10.7. The first kappa shape index (κ1) is 13.4. The molecule has 0 unspecified atom stereocenters. The van der Waals surface area contributed by atoms with E-state index >= 15 is 0 Å². The SMILES string of the molecule is O=[N+]([O-])c1cccc2ncnc(N3CCOC4(CCC4)C3)c12. The molecule has 4 rings (SSSR count). The Morgan fingerprint density at radius 3 is 2.91 bits per heavy atom. The minimum Gasteiger partial charge on any atom is -0.371 e. The summed E-state index contributed by atoms with van der Waals surface area (Å²) >= 11 is 0. The van der Waals surface area contributed by atoms with E-state index in [0.717, 1.165) is 19.4 Å². The Labute approximate surface area is 127 Å². The van der Waals surface area contributed by atoms with Crippen LogP contribution in [0.25, 0.3) is 10.9 Å². The van der Waals surface area contributed by atoms with Crippen LogP contribution in [-0.4, -0.2) is 40.2 Å². The van der Waals surface area contributed by atoms with Crippen LogP contribution in [0.3, 0.4) is 0 Å². The van der Waals surface area contributed by atoms with E-state index in [4.69, 9.17) is 4.74 Å². The van der Waals surface area contributed by atoms with Gasteiger partial charge in [-0.15, -0.1) is 0 Å². The maximum atomic E-state index is 11.4. The van der Waals surface area contributed by atoms with Crippen LogP contribution >= 0.6 is 0 Å². The van der Waals surface area contributed by atoms with Crippen molar-refractivity contribution >= 4 is 22.4 Å². The lowest BCUT2D eigenvalue weighted by molar-refractivity contribution is -0.383. The van der Waals surface area contributed by atoms with Gasteiger partial charge < -0.3 is 9.64 Å². The quantitative estimate of drug-likeness (QED) is 0.625. The lowest BCUT2D eigenvalue weighted by Crippen LogP contribution is -2.56. The first-order valence-electron chi connectivity index (χ1n) is 7.46. The van der Waals surface area contributed by atoms with Crippen LogP contribution in [0.2, 0.25) is 0 Å². The third-order valence-electron chi connectivity index (χ3n) is 4.63. The summed E-state index contributed by atoms with van der Waals surface area (Å²) in [6.07, 6.45) is 4.76. The Balaban J connectivity index is 1.82. The summed E-state index contributed by atoms with van der Waals surface area (Å²) in [7, 11) is 0. The summed E-state index contributed by atoms with van der Waals surface area (Å²) in [6, 6.07) is 4.95. The number of hydrogen-bond donors (Lipinski definition) is 0. The van der Waals surface area contributed by atoms with E-state index in [-0.39, 0.29) is 16.2 Å². The number of aromatic nitrogens is 2. The van der Waals surface area contributed by atoms with Gasteiger partial charge in [-0.2, -0.15) is 0 Å². The largest absolute Gasteiger partial charge is 0.371 e. The number of hydrogen-bond acceptors (Lipinski definition) is 6. The number of rotatable bonds is 2. The highest BCUT2D eigenvalue weighted by Crippen LogP contribution is 2.40. The van der Waals surface area contributed by atoms with Crippen molar-refractivity contribution in [3.8, 4) is 0 Å². The number of nitro benzene ring substituents is 1. The van der Waals surface area contributed by atoms with Crippen LogP contribution in [0.15, 0.2) is 24.5 Å². The smallest absolute Gasteiger partial charge is 0.282 e. The van der Waals surface area contributed by atoms with Gasteiger partial charge in [0.25, 0.3) is 5.69 Å². The van der Waals surface area contributed by atoms with Crippen molar-refractivity contribution in [1.82, 2.24) is 9.97 Å². The maximum absolute atomic E-state index is 11.4. The van der Waals surface area contributed by atoms with Gasteiger partial charge in [0.2, 0.25) is 0 Å². The number of fused-ring (bicyclic) bond motifs is 1. The van der Waals surface area contributed by atoms with Gasteiger partial charge in [0.15, 0.2) is 0 Å². The van der Waals surface area contributed by atoms with Crippen molar-refractivity contribution in [2.75, 3.05) is 24.6 Å². The molecule has 1 saturated carbocycles. The topological polar surface area (TPSA) is 81.4 Å². The van der Waals surface area contributed by atoms with Gasteiger partial charge in [-0.1, -0.05) is 6.07 Å². The van der Waals surface area contributed by atoms with Crippen molar-refractivity contribution in [2.24, 2.45) is 0 Å². The standard InChI is InChI=1S/C15H16N4O3/c20-19(21)12-4-1-3-11-13(12)14(17-10-16-11)18-7-8-22-15(9-18)5-2-6-15/h1,3-4,10H,2,5-9H2. The maximum Gasteiger partial charge on any atom is 0.282 e. The van der Waals surface area contributed by atoms with Gasteiger partial charge in [-0.25, -0.2) is 9.97 Å². The van der Waals surface area contributed by atoms with Gasteiger partial charge in [-0.3, -0.25) is 10.1 Å². The fourth-order valence-corrected chi connectivity index (χ4v) is 3.37. The molecule has 2 aromatic rings. The fourth-order valence-electron chi connectivity index (χ4n) is 3.37. The Morgan fingerprint density at radius 1 is 1.32 bits per heavy atom. The highest BCUT2D eigenvalue weighted by Gasteiger charge is 2.42. The number of morpholine rings is 1. The van der Waals surface area contributed by atoms with Crippen molar-refractivity contribution in [2.45, 2.75) is 24.9 Å². The molecule has 1 aliphatic heterocycles. The first-order valence-corrected chi connectivity index (χ1v) is 7.46. The Morgan fingerprint density at radius 2 is 2.18 bits per heavy atom.